The van der Waals surface area contributed by atoms with Crippen molar-refractivity contribution in [2.75, 3.05) is 30.8 Å². The van der Waals surface area contributed by atoms with Crippen molar-refractivity contribution in [3.8, 4) is 0 Å². The number of nitrogen functional groups attached to an aromatic ring is 1. The number of anilines is 2. The number of alkyl halides is 3. The molecule has 6 nitrogen and oxygen atoms in total. The smallest absolute Gasteiger partial charge is 0.433 e. The van der Waals surface area contributed by atoms with Gasteiger partial charge in [0, 0.05) is 13.1 Å². The molecule has 0 bridgehead atoms. The Labute approximate surface area is 119 Å². The molecule has 1 fully saturated rings. The summed E-state index contributed by atoms with van der Waals surface area (Å²) in [6.07, 6.45) is -3.50. The van der Waals surface area contributed by atoms with Crippen molar-refractivity contribution >= 4 is 17.5 Å². The fourth-order valence-corrected chi connectivity index (χ4v) is 2.21. The lowest BCUT2D eigenvalue weighted by Crippen LogP contribution is -2.37. The average molecular weight is 304 g/mol. The van der Waals surface area contributed by atoms with Gasteiger partial charge in [-0.3, -0.25) is 0 Å². The van der Waals surface area contributed by atoms with Crippen molar-refractivity contribution in [3.63, 3.8) is 0 Å². The number of hydrogen-bond acceptors (Lipinski definition) is 5. The summed E-state index contributed by atoms with van der Waals surface area (Å²) in [4.78, 5) is 16.1. The number of nitrogens with one attached hydrogen (secondary N) is 1. The fourth-order valence-electron chi connectivity index (χ4n) is 2.21. The number of carbonyl (C=O) groups is 1. The highest BCUT2D eigenvalue weighted by Gasteiger charge is 2.34. The van der Waals surface area contributed by atoms with Gasteiger partial charge >= 0.3 is 12.3 Å². The van der Waals surface area contributed by atoms with Gasteiger partial charge in [0.2, 0.25) is 0 Å². The zero-order chi connectivity index (χ0) is 15.6. The van der Waals surface area contributed by atoms with Crippen LogP contribution < -0.4 is 16.0 Å². The van der Waals surface area contributed by atoms with E-state index in [2.05, 4.69) is 15.0 Å². The lowest BCUT2D eigenvalue weighted by atomic mass is 10.2. The Kier molecular flexibility index (Phi) is 4.10. The number of carbonyl (C=O) groups excluding carboxylic acids is 1. The molecule has 1 saturated heterocycles. The number of ether oxygens (including phenoxy) is 1. The predicted octanol–water partition coefficient (Wildman–Crippen LogP) is 1.62. The van der Waals surface area contributed by atoms with Crippen LogP contribution in [-0.4, -0.2) is 37.3 Å². The average Bonchev–Trinajstić information content (AvgIpc) is 2.86. The van der Waals surface area contributed by atoms with Gasteiger partial charge in [-0.05, 0) is 12.5 Å². The Morgan fingerprint density at radius 1 is 1.57 bits per heavy atom. The summed E-state index contributed by atoms with van der Waals surface area (Å²) in [6, 6.07) is 0.731. The molecule has 1 aliphatic rings. The van der Waals surface area contributed by atoms with Crippen LogP contribution in [0, 0.1) is 0 Å². The number of aromatic nitrogens is 1. The summed E-state index contributed by atoms with van der Waals surface area (Å²) in [5.74, 6) is 0. The summed E-state index contributed by atoms with van der Waals surface area (Å²) in [6.45, 7) is 0.848. The molecule has 116 valence electrons. The number of nitrogens with two attached hydrogens (primary N) is 1. The molecule has 1 atom stereocenters. The lowest BCUT2D eigenvalue weighted by Gasteiger charge is -2.21. The molecule has 0 saturated carbocycles. The maximum atomic E-state index is 12.7. The zero-order valence-electron chi connectivity index (χ0n) is 11.3. The minimum atomic E-state index is -4.52. The van der Waals surface area contributed by atoms with Gasteiger partial charge in [-0.25, -0.2) is 9.78 Å². The maximum absolute atomic E-state index is 12.7. The predicted molar refractivity (Wildman–Crippen MR) is 69.8 cm³/mol. The highest BCUT2D eigenvalue weighted by atomic mass is 19.4. The van der Waals surface area contributed by atoms with Crippen molar-refractivity contribution in [2.24, 2.45) is 0 Å². The van der Waals surface area contributed by atoms with Gasteiger partial charge in [0.25, 0.3) is 0 Å². The minimum Gasteiger partial charge on any atom is -0.453 e. The summed E-state index contributed by atoms with van der Waals surface area (Å²) in [7, 11) is 1.25. The molecule has 2 rings (SSSR count). The first kappa shape index (κ1) is 15.2. The van der Waals surface area contributed by atoms with E-state index in [0.29, 0.717) is 19.5 Å². The maximum Gasteiger partial charge on any atom is 0.433 e. The van der Waals surface area contributed by atoms with Crippen molar-refractivity contribution in [1.29, 1.82) is 0 Å². The van der Waals surface area contributed by atoms with Gasteiger partial charge in [-0.15, -0.1) is 0 Å². The molecule has 1 aliphatic heterocycles. The zero-order valence-corrected chi connectivity index (χ0v) is 11.3. The van der Waals surface area contributed by atoms with E-state index < -0.39 is 18.0 Å². The second-order valence-corrected chi connectivity index (χ2v) is 4.69. The van der Waals surface area contributed by atoms with Gasteiger partial charge in [0.1, 0.15) is 5.69 Å². The molecule has 1 aromatic rings. The summed E-state index contributed by atoms with van der Waals surface area (Å²) < 4.78 is 42.5. The van der Waals surface area contributed by atoms with Crippen LogP contribution in [0.15, 0.2) is 12.3 Å². The number of nitrogens with zero attached hydrogens (tertiary/aromatic N) is 2. The molecule has 0 aliphatic carbocycles. The third-order valence-electron chi connectivity index (χ3n) is 3.24. The number of alkyl carbamates (subject to hydrolysis) is 1. The normalized spacial score (nSPS) is 18.7. The van der Waals surface area contributed by atoms with Crippen LogP contribution >= 0.6 is 0 Å². The SMILES string of the molecule is COC(=O)NC1CCN(c2cc(C(F)(F)F)ncc2N)C1. The minimum absolute atomic E-state index is 0.168. The van der Waals surface area contributed by atoms with E-state index in [1.807, 2.05) is 0 Å². The van der Waals surface area contributed by atoms with Gasteiger partial charge in [-0.1, -0.05) is 0 Å². The van der Waals surface area contributed by atoms with Crippen LogP contribution in [-0.2, 0) is 10.9 Å². The molecule has 21 heavy (non-hydrogen) atoms. The molecule has 0 radical (unpaired) electrons. The second-order valence-electron chi connectivity index (χ2n) is 4.69. The first-order chi connectivity index (χ1) is 9.81. The third-order valence-corrected chi connectivity index (χ3v) is 3.24. The summed E-state index contributed by atoms with van der Waals surface area (Å²) in [5.41, 5.74) is 5.15. The quantitative estimate of drug-likeness (QED) is 0.868. The Morgan fingerprint density at radius 3 is 2.90 bits per heavy atom. The van der Waals surface area contributed by atoms with E-state index >= 15 is 0 Å². The molecule has 2 heterocycles. The Bertz CT molecular complexity index is 536. The molecule has 3 N–H and O–H groups in total. The molecule has 1 unspecified atom stereocenters. The number of pyridine rings is 1. The first-order valence-corrected chi connectivity index (χ1v) is 6.23. The van der Waals surface area contributed by atoms with E-state index in [4.69, 9.17) is 5.73 Å². The Balaban J connectivity index is 2.14. The van der Waals surface area contributed by atoms with E-state index in [-0.39, 0.29) is 17.4 Å². The van der Waals surface area contributed by atoms with Gasteiger partial charge in [0.15, 0.2) is 0 Å². The van der Waals surface area contributed by atoms with Gasteiger partial charge in [-0.2, -0.15) is 13.2 Å². The second kappa shape index (κ2) is 5.66. The number of amides is 1. The van der Waals surface area contributed by atoms with Crippen molar-refractivity contribution in [3.05, 3.63) is 18.0 Å². The van der Waals surface area contributed by atoms with Crippen LogP contribution in [0.2, 0.25) is 0 Å². The Morgan fingerprint density at radius 2 is 2.29 bits per heavy atom. The van der Waals surface area contributed by atoms with Crippen LogP contribution in [0.1, 0.15) is 12.1 Å². The Hall–Kier alpha value is -2.19. The number of methoxy groups -OCH3 is 1. The van der Waals surface area contributed by atoms with Crippen LogP contribution in [0.25, 0.3) is 0 Å². The van der Waals surface area contributed by atoms with E-state index in [1.165, 1.54) is 7.11 Å². The highest BCUT2D eigenvalue weighted by molar-refractivity contribution is 5.69. The first-order valence-electron chi connectivity index (χ1n) is 6.23. The topological polar surface area (TPSA) is 80.5 Å². The van der Waals surface area contributed by atoms with Crippen LogP contribution in [0.3, 0.4) is 0 Å². The third kappa shape index (κ3) is 3.47. The standard InChI is InChI=1S/C12H15F3N4O2/c1-21-11(20)18-7-2-3-19(6-7)9-4-10(12(13,14)15)17-5-8(9)16/h4-5,7H,2-3,6,16H2,1H3,(H,18,20). The largest absolute Gasteiger partial charge is 0.453 e. The fraction of sp³-hybridized carbons (Fsp3) is 0.500. The van der Waals surface area contributed by atoms with Crippen LogP contribution in [0.4, 0.5) is 29.3 Å². The number of halogens is 3. The van der Waals surface area contributed by atoms with E-state index in [1.54, 1.807) is 4.90 Å². The summed E-state index contributed by atoms with van der Waals surface area (Å²) in [5, 5.41) is 2.61. The van der Waals surface area contributed by atoms with E-state index in [0.717, 1.165) is 12.3 Å². The highest BCUT2D eigenvalue weighted by Crippen LogP contribution is 2.33. The molecular weight excluding hydrogens is 289 g/mol. The van der Waals surface area contributed by atoms with Crippen molar-refractivity contribution in [2.45, 2.75) is 18.6 Å². The molecule has 9 heteroatoms. The molecular formula is C12H15F3N4O2. The molecule has 0 aromatic carbocycles. The van der Waals surface area contributed by atoms with Gasteiger partial charge < -0.3 is 20.7 Å². The molecule has 1 aromatic heterocycles. The van der Waals surface area contributed by atoms with Gasteiger partial charge in [0.05, 0.1) is 30.7 Å². The number of hydrogen-bond donors (Lipinski definition) is 2. The number of rotatable bonds is 2. The van der Waals surface area contributed by atoms with E-state index in [9.17, 15) is 18.0 Å². The van der Waals surface area contributed by atoms with Crippen LogP contribution in [0.5, 0.6) is 0 Å². The van der Waals surface area contributed by atoms with Crippen molar-refractivity contribution < 1.29 is 22.7 Å². The van der Waals surface area contributed by atoms with Crippen molar-refractivity contribution in [1.82, 2.24) is 10.3 Å². The lowest BCUT2D eigenvalue weighted by molar-refractivity contribution is -0.141. The molecule has 1 amide bonds. The monoisotopic (exact) mass is 304 g/mol. The summed E-state index contributed by atoms with van der Waals surface area (Å²) >= 11 is 0. The molecule has 0 spiro atoms.